The van der Waals surface area contributed by atoms with Crippen LogP contribution in [0.2, 0.25) is 0 Å². The van der Waals surface area contributed by atoms with E-state index in [1.807, 2.05) is 12.1 Å². The molecule has 0 unspecified atom stereocenters. The van der Waals surface area contributed by atoms with Gasteiger partial charge in [-0.05, 0) is 30.4 Å². The van der Waals surface area contributed by atoms with Crippen molar-refractivity contribution in [2.45, 2.75) is 19.3 Å². The Bertz CT molecular complexity index is 678. The molecule has 0 bridgehead atoms. The van der Waals surface area contributed by atoms with Crippen molar-refractivity contribution in [2.75, 3.05) is 18.2 Å². The monoisotopic (exact) mass is 281 g/mol. The molecule has 0 fully saturated rings. The van der Waals surface area contributed by atoms with Crippen LogP contribution >= 0.6 is 0 Å². The number of anilines is 1. The van der Waals surface area contributed by atoms with Crippen LogP contribution in [-0.2, 0) is 4.79 Å². The maximum Gasteiger partial charge on any atom is 0.161 e. The minimum absolute atomic E-state index is 0.124. The predicted molar refractivity (Wildman–Crippen MR) is 85.8 cm³/mol. The van der Waals surface area contributed by atoms with Crippen LogP contribution in [0.15, 0.2) is 49.1 Å². The normalized spacial score (nSPS) is 13.0. The molecule has 2 aromatic rings. The fourth-order valence-electron chi connectivity index (χ4n) is 2.73. The van der Waals surface area contributed by atoms with Crippen LogP contribution in [0.3, 0.4) is 0 Å². The predicted octanol–water partition coefficient (Wildman–Crippen LogP) is 3.92. The summed E-state index contributed by atoms with van der Waals surface area (Å²) >= 11 is 0. The van der Waals surface area contributed by atoms with Crippen LogP contribution in [-0.4, -0.2) is 19.1 Å². The first-order valence-electron chi connectivity index (χ1n) is 7.34. The van der Waals surface area contributed by atoms with Crippen LogP contribution in [0.1, 0.15) is 19.3 Å². The van der Waals surface area contributed by atoms with Gasteiger partial charge >= 0.3 is 0 Å². The molecule has 1 heterocycles. The molecule has 1 aliphatic rings. The third kappa shape index (κ3) is 2.77. The van der Waals surface area contributed by atoms with Gasteiger partial charge in [0.05, 0.1) is 5.69 Å². The minimum atomic E-state index is 0.124. The zero-order valence-electron chi connectivity index (χ0n) is 12.0. The maximum absolute atomic E-state index is 11.2. The number of fused-ring (bicyclic) bond motifs is 3. The maximum atomic E-state index is 11.2. The number of rotatable bonds is 6. The average Bonchev–Trinajstić information content (AvgIpc) is 2.95. The van der Waals surface area contributed by atoms with E-state index in [2.05, 4.69) is 35.7 Å². The Morgan fingerprint density at radius 1 is 1.24 bits per heavy atom. The Balaban J connectivity index is 1.68. The number of hydrogen-bond donors (Lipinski definition) is 0. The number of unbranched alkanes of at least 4 members (excludes halogenated alkanes) is 1. The highest BCUT2D eigenvalue weighted by Gasteiger charge is 2.21. The highest BCUT2D eigenvalue weighted by Crippen LogP contribution is 2.40. The second-order valence-electron chi connectivity index (χ2n) is 5.30. The third-order valence-electron chi connectivity index (χ3n) is 3.89. The summed E-state index contributed by atoms with van der Waals surface area (Å²) in [7, 11) is 0. The molecule has 0 saturated heterocycles. The summed E-state index contributed by atoms with van der Waals surface area (Å²) in [6.45, 7) is 5.00. The first-order chi connectivity index (χ1) is 10.3. The molecule has 0 atom stereocenters. The van der Waals surface area contributed by atoms with Gasteiger partial charge in [-0.2, -0.15) is 0 Å². The van der Waals surface area contributed by atoms with Crippen molar-refractivity contribution in [3.63, 3.8) is 0 Å². The van der Waals surface area contributed by atoms with E-state index < -0.39 is 0 Å². The summed E-state index contributed by atoms with van der Waals surface area (Å²) in [6, 6.07) is 12.5. The Labute approximate surface area is 124 Å². The number of benzene rings is 2. The molecule has 1 aliphatic heterocycles. The number of allylic oxidation sites excluding steroid dienone is 1. The number of carbonyl (C=O) groups excluding carboxylic acids is 1. The molecule has 2 aromatic carbocycles. The summed E-state index contributed by atoms with van der Waals surface area (Å²) < 4.78 is 5.87. The van der Waals surface area contributed by atoms with Crippen molar-refractivity contribution in [1.29, 1.82) is 0 Å². The standard InChI is InChI=1S/C18H19NO2/c1-2-15(20)8-5-6-12-19-13-21-18-16-9-4-3-7-14(16)10-11-17(18)19/h2-4,7,9-11H,1,5-6,8,12-13H2. The largest absolute Gasteiger partial charge is 0.470 e. The fraction of sp³-hybridized carbons (Fsp3) is 0.278. The van der Waals surface area contributed by atoms with Gasteiger partial charge in [0, 0.05) is 18.4 Å². The molecular formula is C18H19NO2. The number of ether oxygens (including phenoxy) is 1. The van der Waals surface area contributed by atoms with E-state index in [9.17, 15) is 4.79 Å². The molecule has 0 aliphatic carbocycles. The van der Waals surface area contributed by atoms with Crippen molar-refractivity contribution in [1.82, 2.24) is 0 Å². The van der Waals surface area contributed by atoms with Crippen LogP contribution < -0.4 is 9.64 Å². The van der Waals surface area contributed by atoms with Crippen LogP contribution in [0.5, 0.6) is 5.75 Å². The number of carbonyl (C=O) groups is 1. The first kappa shape index (κ1) is 13.7. The van der Waals surface area contributed by atoms with E-state index in [0.717, 1.165) is 30.8 Å². The molecular weight excluding hydrogens is 262 g/mol. The van der Waals surface area contributed by atoms with Crippen LogP contribution in [0.25, 0.3) is 10.8 Å². The number of ketones is 1. The summed E-state index contributed by atoms with van der Waals surface area (Å²) in [5, 5.41) is 2.37. The molecule has 0 amide bonds. The van der Waals surface area contributed by atoms with Crippen molar-refractivity contribution < 1.29 is 9.53 Å². The highest BCUT2D eigenvalue weighted by molar-refractivity contribution is 5.94. The molecule has 21 heavy (non-hydrogen) atoms. The highest BCUT2D eigenvalue weighted by atomic mass is 16.5. The smallest absolute Gasteiger partial charge is 0.161 e. The lowest BCUT2D eigenvalue weighted by atomic mass is 10.1. The van der Waals surface area contributed by atoms with Gasteiger partial charge < -0.3 is 9.64 Å². The van der Waals surface area contributed by atoms with Gasteiger partial charge in [0.1, 0.15) is 0 Å². The molecule has 3 rings (SSSR count). The average molecular weight is 281 g/mol. The molecule has 0 N–H and O–H groups in total. The van der Waals surface area contributed by atoms with Crippen LogP contribution in [0, 0.1) is 0 Å². The quantitative estimate of drug-likeness (QED) is 0.593. The van der Waals surface area contributed by atoms with Crippen molar-refractivity contribution in [3.8, 4) is 5.75 Å². The van der Waals surface area contributed by atoms with Gasteiger partial charge in [-0.1, -0.05) is 36.9 Å². The molecule has 0 aromatic heterocycles. The third-order valence-corrected chi connectivity index (χ3v) is 3.89. The molecule has 108 valence electrons. The number of hydrogen-bond acceptors (Lipinski definition) is 3. The van der Waals surface area contributed by atoms with Crippen molar-refractivity contribution in [3.05, 3.63) is 49.1 Å². The second-order valence-corrected chi connectivity index (χ2v) is 5.30. The van der Waals surface area contributed by atoms with Crippen molar-refractivity contribution >= 4 is 22.2 Å². The zero-order chi connectivity index (χ0) is 14.7. The lowest BCUT2D eigenvalue weighted by Gasteiger charge is -2.16. The van der Waals surface area contributed by atoms with Gasteiger partial charge in [-0.3, -0.25) is 4.79 Å². The van der Waals surface area contributed by atoms with E-state index in [1.54, 1.807) is 0 Å². The topological polar surface area (TPSA) is 29.5 Å². The number of nitrogens with zero attached hydrogens (tertiary/aromatic N) is 1. The molecule has 3 heteroatoms. The molecule has 0 spiro atoms. The summed E-state index contributed by atoms with van der Waals surface area (Å²) in [4.78, 5) is 13.4. The minimum Gasteiger partial charge on any atom is -0.470 e. The van der Waals surface area contributed by atoms with E-state index in [1.165, 1.54) is 16.8 Å². The molecule has 3 nitrogen and oxygen atoms in total. The Kier molecular flexibility index (Phi) is 3.91. The molecule has 0 radical (unpaired) electrons. The van der Waals surface area contributed by atoms with E-state index in [0.29, 0.717) is 13.2 Å². The summed E-state index contributed by atoms with van der Waals surface area (Å²) in [5.41, 5.74) is 1.16. The van der Waals surface area contributed by atoms with Gasteiger partial charge in [0.15, 0.2) is 18.3 Å². The SMILES string of the molecule is C=CC(=O)CCCCN1COc2c1ccc1ccccc21. The zero-order valence-corrected chi connectivity index (χ0v) is 12.0. The lowest BCUT2D eigenvalue weighted by molar-refractivity contribution is -0.114. The van der Waals surface area contributed by atoms with Gasteiger partial charge in [0.25, 0.3) is 0 Å². The molecule has 0 saturated carbocycles. The van der Waals surface area contributed by atoms with Crippen LogP contribution in [0.4, 0.5) is 5.69 Å². The fourth-order valence-corrected chi connectivity index (χ4v) is 2.73. The lowest BCUT2D eigenvalue weighted by Crippen LogP contribution is -2.23. The summed E-state index contributed by atoms with van der Waals surface area (Å²) in [5.74, 6) is 1.11. The Morgan fingerprint density at radius 2 is 2.10 bits per heavy atom. The van der Waals surface area contributed by atoms with E-state index in [4.69, 9.17) is 4.74 Å². The van der Waals surface area contributed by atoms with E-state index >= 15 is 0 Å². The second kappa shape index (κ2) is 6.00. The Hall–Kier alpha value is -2.29. The van der Waals surface area contributed by atoms with Crippen molar-refractivity contribution in [2.24, 2.45) is 0 Å². The van der Waals surface area contributed by atoms with Gasteiger partial charge in [-0.15, -0.1) is 0 Å². The first-order valence-corrected chi connectivity index (χ1v) is 7.34. The van der Waals surface area contributed by atoms with Gasteiger partial charge in [-0.25, -0.2) is 0 Å². The Morgan fingerprint density at radius 3 is 2.95 bits per heavy atom. The summed E-state index contributed by atoms with van der Waals surface area (Å²) in [6.07, 6.45) is 3.86. The van der Waals surface area contributed by atoms with E-state index in [-0.39, 0.29) is 5.78 Å². The van der Waals surface area contributed by atoms with Gasteiger partial charge in [0.2, 0.25) is 0 Å².